The first-order valence-electron chi connectivity index (χ1n) is 7.16. The lowest BCUT2D eigenvalue weighted by atomic mass is 10.1. The quantitative estimate of drug-likeness (QED) is 0.454. The van der Waals surface area contributed by atoms with Gasteiger partial charge in [0.2, 0.25) is 0 Å². The number of rotatable bonds is 2. The maximum atomic E-state index is 4.78. The van der Waals surface area contributed by atoms with Crippen LogP contribution in [0.3, 0.4) is 0 Å². The predicted octanol–water partition coefficient (Wildman–Crippen LogP) is 5.61. The van der Waals surface area contributed by atoms with E-state index in [-0.39, 0.29) is 24.8 Å². The molecule has 1 aromatic carbocycles. The van der Waals surface area contributed by atoms with Gasteiger partial charge < -0.3 is 4.57 Å². The molecule has 24 heavy (non-hydrogen) atoms. The lowest BCUT2D eigenvalue weighted by Crippen LogP contribution is -1.91. The van der Waals surface area contributed by atoms with Crippen LogP contribution in [0.15, 0.2) is 54.3 Å². The van der Waals surface area contributed by atoms with Gasteiger partial charge in [0, 0.05) is 17.3 Å². The first kappa shape index (κ1) is 18.5. The van der Waals surface area contributed by atoms with Crippen molar-refractivity contribution in [2.45, 2.75) is 13.8 Å². The van der Waals surface area contributed by atoms with E-state index in [0.29, 0.717) is 0 Å². The third-order valence-corrected chi connectivity index (χ3v) is 4.74. The minimum Gasteiger partial charge on any atom is -0.306 e. The number of hydrogen-bond acceptors (Lipinski definition) is 3. The minimum absolute atomic E-state index is 0. The Balaban J connectivity index is 0.00000104. The second-order valence-corrected chi connectivity index (χ2v) is 6.40. The lowest BCUT2D eigenvalue weighted by molar-refractivity contribution is 1.06. The van der Waals surface area contributed by atoms with Gasteiger partial charge in [-0.05, 0) is 55.1 Å². The van der Waals surface area contributed by atoms with E-state index in [0.717, 1.165) is 28.0 Å². The fraction of sp³-hybridized carbons (Fsp3) is 0.111. The van der Waals surface area contributed by atoms with Crippen LogP contribution in [0.1, 0.15) is 11.3 Å². The van der Waals surface area contributed by atoms with Crippen molar-refractivity contribution in [1.82, 2.24) is 14.5 Å². The van der Waals surface area contributed by atoms with E-state index < -0.39 is 0 Å². The van der Waals surface area contributed by atoms with Crippen molar-refractivity contribution in [1.29, 1.82) is 0 Å². The molecule has 3 nitrogen and oxygen atoms in total. The van der Waals surface area contributed by atoms with Gasteiger partial charge in [-0.3, -0.25) is 0 Å². The van der Waals surface area contributed by atoms with Crippen LogP contribution >= 0.6 is 36.2 Å². The Bertz CT molecular complexity index is 896. The Morgan fingerprint density at radius 2 is 1.83 bits per heavy atom. The summed E-state index contributed by atoms with van der Waals surface area (Å²) in [5.74, 6) is 0. The highest BCUT2D eigenvalue weighted by atomic mass is 35.5. The third kappa shape index (κ3) is 3.46. The topological polar surface area (TPSA) is 30.7 Å². The molecule has 0 aliphatic rings. The zero-order valence-corrected chi connectivity index (χ0v) is 15.7. The molecule has 0 amide bonds. The largest absolute Gasteiger partial charge is 0.306 e. The molecule has 0 aliphatic heterocycles. The van der Waals surface area contributed by atoms with E-state index in [1.165, 1.54) is 10.4 Å². The van der Waals surface area contributed by atoms with Crippen LogP contribution in [0.4, 0.5) is 0 Å². The number of thiophene rings is 1. The van der Waals surface area contributed by atoms with E-state index in [9.17, 15) is 0 Å². The summed E-state index contributed by atoms with van der Waals surface area (Å²) >= 11 is 1.74. The molecular weight excluding hydrogens is 361 g/mol. The summed E-state index contributed by atoms with van der Waals surface area (Å²) in [6.45, 7) is 4.11. The van der Waals surface area contributed by atoms with Crippen molar-refractivity contribution in [3.63, 3.8) is 0 Å². The summed E-state index contributed by atoms with van der Waals surface area (Å²) in [6, 6.07) is 12.7. The number of nitrogens with zero attached hydrogens (tertiary/aromatic N) is 3. The Kier molecular flexibility index (Phi) is 5.65. The van der Waals surface area contributed by atoms with Gasteiger partial charge in [-0.2, -0.15) is 0 Å². The Labute approximate surface area is 157 Å². The van der Waals surface area contributed by atoms with Gasteiger partial charge in [-0.25, -0.2) is 9.97 Å². The predicted molar refractivity (Wildman–Crippen MR) is 106 cm³/mol. The average molecular weight is 378 g/mol. The van der Waals surface area contributed by atoms with Crippen LogP contribution in [0.25, 0.3) is 27.2 Å². The first-order valence-corrected chi connectivity index (χ1v) is 8.04. The normalized spacial score (nSPS) is 10.2. The van der Waals surface area contributed by atoms with Crippen LogP contribution < -0.4 is 0 Å². The van der Waals surface area contributed by atoms with Crippen LogP contribution in [-0.4, -0.2) is 14.5 Å². The molecule has 0 unspecified atom stereocenters. The molecule has 0 saturated carbocycles. The molecule has 3 heterocycles. The molecule has 124 valence electrons. The molecule has 0 aliphatic carbocycles. The molecule has 3 aromatic heterocycles. The van der Waals surface area contributed by atoms with Crippen LogP contribution in [0, 0.1) is 13.8 Å². The molecule has 6 heteroatoms. The zero-order chi connectivity index (χ0) is 15.1. The molecule has 0 N–H and O–H groups in total. The van der Waals surface area contributed by atoms with E-state index in [1.807, 2.05) is 24.0 Å². The Morgan fingerprint density at radius 3 is 2.50 bits per heavy atom. The smallest absolute Gasteiger partial charge is 0.0995 e. The van der Waals surface area contributed by atoms with E-state index in [4.69, 9.17) is 4.98 Å². The molecule has 4 rings (SSSR count). The summed E-state index contributed by atoms with van der Waals surface area (Å²) < 4.78 is 2.03. The van der Waals surface area contributed by atoms with Gasteiger partial charge in [0.15, 0.2) is 0 Å². The molecule has 0 saturated heterocycles. The van der Waals surface area contributed by atoms with Gasteiger partial charge >= 0.3 is 0 Å². The molecule has 4 aromatic rings. The van der Waals surface area contributed by atoms with E-state index in [2.05, 4.69) is 53.7 Å². The number of pyridine rings is 1. The number of benzene rings is 1. The van der Waals surface area contributed by atoms with E-state index in [1.54, 1.807) is 11.3 Å². The van der Waals surface area contributed by atoms with Gasteiger partial charge in [0.25, 0.3) is 0 Å². The summed E-state index contributed by atoms with van der Waals surface area (Å²) in [7, 11) is 0. The summed E-state index contributed by atoms with van der Waals surface area (Å²) in [5, 5.41) is 3.30. The highest BCUT2D eigenvalue weighted by Gasteiger charge is 2.05. The van der Waals surface area contributed by atoms with Crippen molar-refractivity contribution >= 4 is 47.1 Å². The fourth-order valence-corrected chi connectivity index (χ4v) is 3.41. The van der Waals surface area contributed by atoms with Crippen LogP contribution in [0.5, 0.6) is 0 Å². The Morgan fingerprint density at radius 1 is 1.00 bits per heavy atom. The second kappa shape index (κ2) is 7.34. The van der Waals surface area contributed by atoms with E-state index >= 15 is 0 Å². The summed E-state index contributed by atoms with van der Waals surface area (Å²) in [5.41, 5.74) is 5.46. The number of hydrogen-bond donors (Lipinski definition) is 0. The van der Waals surface area contributed by atoms with Gasteiger partial charge in [-0.15, -0.1) is 36.2 Å². The molecular formula is C18H17Cl2N3S. The maximum absolute atomic E-state index is 4.78. The minimum atomic E-state index is 0. The van der Waals surface area contributed by atoms with Crippen LogP contribution in [-0.2, 0) is 0 Å². The number of fused-ring (bicyclic) bond motifs is 1. The van der Waals surface area contributed by atoms with Crippen molar-refractivity contribution < 1.29 is 0 Å². The number of halogens is 2. The van der Waals surface area contributed by atoms with Crippen LogP contribution in [0.2, 0.25) is 0 Å². The third-order valence-electron chi connectivity index (χ3n) is 3.67. The number of aryl methyl sites for hydroxylation is 2. The van der Waals surface area contributed by atoms with Gasteiger partial charge in [0.1, 0.15) is 0 Å². The first-order chi connectivity index (χ1) is 10.7. The molecule has 0 atom stereocenters. The molecule has 0 radical (unpaired) electrons. The SMILES string of the molecule is Cc1csc(-c2ccc3cc(-n4cnc(C)c4)ccc3n2)c1.Cl.Cl. The van der Waals surface area contributed by atoms with Crippen molar-refractivity contribution in [3.05, 3.63) is 65.6 Å². The highest BCUT2D eigenvalue weighted by molar-refractivity contribution is 7.13. The van der Waals surface area contributed by atoms with Crippen molar-refractivity contribution in [2.75, 3.05) is 0 Å². The monoisotopic (exact) mass is 377 g/mol. The maximum Gasteiger partial charge on any atom is 0.0995 e. The summed E-state index contributed by atoms with van der Waals surface area (Å²) in [6.07, 6.45) is 3.87. The molecule has 0 bridgehead atoms. The Hall–Kier alpha value is -1.88. The zero-order valence-electron chi connectivity index (χ0n) is 13.3. The second-order valence-electron chi connectivity index (χ2n) is 5.48. The van der Waals surface area contributed by atoms with Gasteiger partial charge in [0.05, 0.1) is 28.1 Å². The van der Waals surface area contributed by atoms with Crippen molar-refractivity contribution in [2.24, 2.45) is 0 Å². The van der Waals surface area contributed by atoms with Gasteiger partial charge in [-0.1, -0.05) is 6.07 Å². The highest BCUT2D eigenvalue weighted by Crippen LogP contribution is 2.27. The average Bonchev–Trinajstić information content (AvgIpc) is 3.15. The number of aromatic nitrogens is 3. The van der Waals surface area contributed by atoms with Crippen molar-refractivity contribution in [3.8, 4) is 16.3 Å². The molecule has 0 fully saturated rings. The molecule has 0 spiro atoms. The fourth-order valence-electron chi connectivity index (χ4n) is 2.54. The summed E-state index contributed by atoms with van der Waals surface area (Å²) in [4.78, 5) is 10.3. The standard InChI is InChI=1S/C18H15N3S.2ClH/c1-12-7-18(22-10-12)17-5-3-14-8-15(4-6-16(14)20-17)21-9-13(2)19-11-21;;/h3-11H,1-2H3;2*1H. The number of imidazole rings is 1. The lowest BCUT2D eigenvalue weighted by Gasteiger charge is -2.05.